The van der Waals surface area contributed by atoms with E-state index < -0.39 is 0 Å². The summed E-state index contributed by atoms with van der Waals surface area (Å²) in [5.41, 5.74) is 1.40. The molecule has 1 amide bonds. The van der Waals surface area contributed by atoms with Crippen LogP contribution in [0, 0.1) is 5.82 Å². The molecular formula is C15H15FN4O. The number of benzene rings is 1. The van der Waals surface area contributed by atoms with Crippen molar-refractivity contribution in [1.82, 2.24) is 15.5 Å². The zero-order valence-electron chi connectivity index (χ0n) is 11.5. The summed E-state index contributed by atoms with van der Waals surface area (Å²) in [6, 6.07) is 10.2. The van der Waals surface area contributed by atoms with Gasteiger partial charge in [0, 0.05) is 19.0 Å². The lowest BCUT2D eigenvalue weighted by Crippen LogP contribution is -2.20. The molecule has 1 heterocycles. The van der Waals surface area contributed by atoms with Crippen LogP contribution in [0.2, 0.25) is 0 Å². The van der Waals surface area contributed by atoms with Crippen LogP contribution in [0.25, 0.3) is 0 Å². The van der Waals surface area contributed by atoms with E-state index in [1.54, 1.807) is 19.2 Å². The van der Waals surface area contributed by atoms with Gasteiger partial charge in [0.2, 0.25) is 0 Å². The van der Waals surface area contributed by atoms with E-state index in [2.05, 4.69) is 20.8 Å². The summed E-state index contributed by atoms with van der Waals surface area (Å²) in [6.07, 6.45) is 0.977. The van der Waals surface area contributed by atoms with Gasteiger partial charge in [0.05, 0.1) is 0 Å². The summed E-state index contributed by atoms with van der Waals surface area (Å²) in [5, 5.41) is 13.6. The number of rotatable bonds is 4. The van der Waals surface area contributed by atoms with Crippen LogP contribution in [0.5, 0.6) is 0 Å². The number of aromatic nitrogens is 2. The van der Waals surface area contributed by atoms with Gasteiger partial charge in [-0.2, -0.15) is 0 Å². The minimum absolute atomic E-state index is 0.223. The molecule has 1 saturated carbocycles. The highest BCUT2D eigenvalue weighted by Gasteiger charge is 2.38. The van der Waals surface area contributed by atoms with Gasteiger partial charge >= 0.3 is 0 Å². The first kappa shape index (κ1) is 13.5. The Morgan fingerprint density at radius 2 is 1.95 bits per heavy atom. The van der Waals surface area contributed by atoms with E-state index in [1.807, 2.05) is 12.1 Å². The smallest absolute Gasteiger partial charge is 0.271 e. The summed E-state index contributed by atoms with van der Waals surface area (Å²) in [7, 11) is 1.55. The SMILES string of the molecule is CNC(=O)c1ccc(N[C@@H]2C[C@H]2c2ccc(F)cc2)nn1. The molecule has 5 nitrogen and oxygen atoms in total. The van der Waals surface area contributed by atoms with Gasteiger partial charge < -0.3 is 10.6 Å². The predicted octanol–water partition coefficient (Wildman–Crippen LogP) is 1.94. The van der Waals surface area contributed by atoms with Crippen LogP contribution in [0.3, 0.4) is 0 Å². The molecule has 1 aliphatic rings. The maximum atomic E-state index is 12.9. The summed E-state index contributed by atoms with van der Waals surface area (Å²) in [4.78, 5) is 11.4. The third-order valence-electron chi connectivity index (χ3n) is 3.55. The largest absolute Gasteiger partial charge is 0.365 e. The maximum Gasteiger partial charge on any atom is 0.271 e. The standard InChI is InChI=1S/C15H15FN4O/c1-17-15(21)12-6-7-14(20-19-12)18-13-8-11(13)9-2-4-10(16)5-3-9/h2-7,11,13H,8H2,1H3,(H,17,21)(H,18,20)/t11-,13+/m0/s1. The van der Waals surface area contributed by atoms with E-state index in [9.17, 15) is 9.18 Å². The Hall–Kier alpha value is -2.50. The number of hydrogen-bond acceptors (Lipinski definition) is 4. The molecule has 2 N–H and O–H groups in total. The fraction of sp³-hybridized carbons (Fsp3) is 0.267. The second kappa shape index (κ2) is 5.47. The highest BCUT2D eigenvalue weighted by Crippen LogP contribution is 2.42. The van der Waals surface area contributed by atoms with Crippen LogP contribution in [0.15, 0.2) is 36.4 Å². The Bertz CT molecular complexity index is 642. The quantitative estimate of drug-likeness (QED) is 0.901. The Balaban J connectivity index is 1.61. The number of carbonyl (C=O) groups excluding carboxylic acids is 1. The maximum absolute atomic E-state index is 12.9. The Morgan fingerprint density at radius 1 is 1.19 bits per heavy atom. The number of nitrogens with one attached hydrogen (secondary N) is 2. The highest BCUT2D eigenvalue weighted by atomic mass is 19.1. The minimum Gasteiger partial charge on any atom is -0.365 e. The zero-order valence-corrected chi connectivity index (χ0v) is 11.5. The molecule has 0 aliphatic heterocycles. The average Bonchev–Trinajstić information content (AvgIpc) is 3.27. The lowest BCUT2D eigenvalue weighted by molar-refractivity contribution is 0.0957. The number of nitrogens with zero attached hydrogens (tertiary/aromatic N) is 2. The Kier molecular flexibility index (Phi) is 3.51. The fourth-order valence-electron chi connectivity index (χ4n) is 2.28. The van der Waals surface area contributed by atoms with Crippen molar-refractivity contribution < 1.29 is 9.18 Å². The van der Waals surface area contributed by atoms with Gasteiger partial charge in [0.25, 0.3) is 5.91 Å². The number of carbonyl (C=O) groups is 1. The van der Waals surface area contributed by atoms with Gasteiger partial charge in [-0.3, -0.25) is 4.79 Å². The molecule has 0 radical (unpaired) electrons. The van der Waals surface area contributed by atoms with Crippen molar-refractivity contribution in [2.45, 2.75) is 18.4 Å². The number of amides is 1. The topological polar surface area (TPSA) is 66.9 Å². The van der Waals surface area contributed by atoms with Crippen molar-refractivity contribution in [3.63, 3.8) is 0 Å². The van der Waals surface area contributed by atoms with Crippen molar-refractivity contribution in [1.29, 1.82) is 0 Å². The van der Waals surface area contributed by atoms with Crippen LogP contribution in [0.1, 0.15) is 28.4 Å². The molecule has 3 rings (SSSR count). The van der Waals surface area contributed by atoms with E-state index in [-0.39, 0.29) is 23.5 Å². The lowest BCUT2D eigenvalue weighted by Gasteiger charge is -2.05. The van der Waals surface area contributed by atoms with Crippen LogP contribution >= 0.6 is 0 Å². The summed E-state index contributed by atoms with van der Waals surface area (Å²) >= 11 is 0. The van der Waals surface area contributed by atoms with Gasteiger partial charge in [-0.05, 0) is 36.2 Å². The molecule has 0 spiro atoms. The second-order valence-electron chi connectivity index (χ2n) is 5.03. The summed E-state index contributed by atoms with van der Waals surface area (Å²) in [5.74, 6) is 0.521. The van der Waals surface area contributed by atoms with Gasteiger partial charge in [-0.25, -0.2) is 4.39 Å². The van der Waals surface area contributed by atoms with Gasteiger partial charge in [0.15, 0.2) is 5.69 Å². The molecule has 0 unspecified atom stereocenters. The van der Waals surface area contributed by atoms with Gasteiger partial charge in [-0.1, -0.05) is 12.1 Å². The van der Waals surface area contributed by atoms with Crippen molar-refractivity contribution in [3.8, 4) is 0 Å². The first-order chi connectivity index (χ1) is 10.2. The molecule has 0 bridgehead atoms. The van der Waals surface area contributed by atoms with E-state index in [1.165, 1.54) is 12.1 Å². The molecule has 1 aromatic heterocycles. The van der Waals surface area contributed by atoms with Crippen molar-refractivity contribution in [2.75, 3.05) is 12.4 Å². The van der Waals surface area contributed by atoms with Crippen LogP contribution in [0.4, 0.5) is 10.2 Å². The first-order valence-electron chi connectivity index (χ1n) is 6.75. The van der Waals surface area contributed by atoms with E-state index in [0.29, 0.717) is 11.7 Å². The van der Waals surface area contributed by atoms with E-state index >= 15 is 0 Å². The summed E-state index contributed by atoms with van der Waals surface area (Å²) in [6.45, 7) is 0. The van der Waals surface area contributed by atoms with Crippen LogP contribution in [-0.4, -0.2) is 29.2 Å². The normalized spacial score (nSPS) is 19.9. The first-order valence-corrected chi connectivity index (χ1v) is 6.75. The highest BCUT2D eigenvalue weighted by molar-refractivity contribution is 5.91. The molecule has 0 saturated heterocycles. The predicted molar refractivity (Wildman–Crippen MR) is 76.6 cm³/mol. The Morgan fingerprint density at radius 3 is 2.57 bits per heavy atom. The molecule has 21 heavy (non-hydrogen) atoms. The molecule has 2 aromatic rings. The van der Waals surface area contributed by atoms with Crippen molar-refractivity contribution in [3.05, 3.63) is 53.5 Å². The van der Waals surface area contributed by atoms with Gasteiger partial charge in [0.1, 0.15) is 11.6 Å². The third-order valence-corrected chi connectivity index (χ3v) is 3.55. The molecule has 1 fully saturated rings. The third kappa shape index (κ3) is 2.99. The molecular weight excluding hydrogens is 271 g/mol. The second-order valence-corrected chi connectivity index (χ2v) is 5.03. The van der Waals surface area contributed by atoms with Gasteiger partial charge in [-0.15, -0.1) is 10.2 Å². The zero-order chi connectivity index (χ0) is 14.8. The summed E-state index contributed by atoms with van der Waals surface area (Å²) < 4.78 is 12.9. The number of halogens is 1. The van der Waals surface area contributed by atoms with Crippen LogP contribution < -0.4 is 10.6 Å². The van der Waals surface area contributed by atoms with E-state index in [4.69, 9.17) is 0 Å². The molecule has 2 atom stereocenters. The van der Waals surface area contributed by atoms with Crippen molar-refractivity contribution in [2.24, 2.45) is 0 Å². The lowest BCUT2D eigenvalue weighted by atomic mass is 10.1. The minimum atomic E-state index is -0.260. The number of hydrogen-bond donors (Lipinski definition) is 2. The van der Waals surface area contributed by atoms with E-state index in [0.717, 1.165) is 12.0 Å². The monoisotopic (exact) mass is 286 g/mol. The van der Waals surface area contributed by atoms with Crippen LogP contribution in [-0.2, 0) is 0 Å². The molecule has 1 aromatic carbocycles. The molecule has 108 valence electrons. The fourth-order valence-corrected chi connectivity index (χ4v) is 2.28. The van der Waals surface area contributed by atoms with Crippen molar-refractivity contribution >= 4 is 11.7 Å². The Labute approximate surface area is 121 Å². The molecule has 6 heteroatoms. The molecule has 1 aliphatic carbocycles. The number of anilines is 1. The average molecular weight is 286 g/mol.